The molecular formula is C9H9BrCl2O. The molecule has 0 aliphatic heterocycles. The Morgan fingerprint density at radius 1 is 1.38 bits per heavy atom. The van der Waals surface area contributed by atoms with E-state index in [2.05, 4.69) is 15.9 Å². The van der Waals surface area contributed by atoms with Gasteiger partial charge in [-0.05, 0) is 18.6 Å². The van der Waals surface area contributed by atoms with Crippen LogP contribution in [0.25, 0.3) is 0 Å². The van der Waals surface area contributed by atoms with Gasteiger partial charge in [0, 0.05) is 4.47 Å². The Bertz CT molecular complexity index is 302. The molecule has 0 fully saturated rings. The number of aliphatic hydroxyl groups excluding tert-OH is 1. The second-order valence-electron chi connectivity index (χ2n) is 2.80. The molecule has 1 nitrogen and oxygen atoms in total. The van der Waals surface area contributed by atoms with Gasteiger partial charge >= 0.3 is 0 Å². The van der Waals surface area contributed by atoms with Crippen LogP contribution in [0.3, 0.4) is 0 Å². The van der Waals surface area contributed by atoms with E-state index in [0.717, 1.165) is 15.6 Å². The maximum absolute atomic E-state index is 9.61. The van der Waals surface area contributed by atoms with Gasteiger partial charge in [0.25, 0.3) is 0 Å². The highest BCUT2D eigenvalue weighted by Gasteiger charge is 2.18. The Morgan fingerprint density at radius 3 is 2.54 bits per heavy atom. The highest BCUT2D eigenvalue weighted by molar-refractivity contribution is 9.10. The first kappa shape index (κ1) is 11.3. The minimum Gasteiger partial charge on any atom is -0.386 e. The van der Waals surface area contributed by atoms with Crippen LogP contribution in [0, 0.1) is 6.92 Å². The molecule has 0 heterocycles. The molecule has 1 aromatic carbocycles. The van der Waals surface area contributed by atoms with Gasteiger partial charge in [0.1, 0.15) is 10.9 Å². The SMILES string of the molecule is Cc1ccc(Br)c(C(O)C(Cl)Cl)c1. The van der Waals surface area contributed by atoms with Gasteiger partial charge in [0.05, 0.1) is 0 Å². The lowest BCUT2D eigenvalue weighted by Crippen LogP contribution is -2.06. The van der Waals surface area contributed by atoms with Crippen molar-refractivity contribution in [2.24, 2.45) is 0 Å². The topological polar surface area (TPSA) is 20.2 Å². The fourth-order valence-corrected chi connectivity index (χ4v) is 1.78. The van der Waals surface area contributed by atoms with E-state index in [4.69, 9.17) is 23.2 Å². The third kappa shape index (κ3) is 2.84. The van der Waals surface area contributed by atoms with Gasteiger partial charge in [-0.3, -0.25) is 0 Å². The standard InChI is InChI=1S/C9H9BrCl2O/c1-5-2-3-7(10)6(4-5)8(13)9(11)12/h2-4,8-9,13H,1H3. The van der Waals surface area contributed by atoms with Crippen LogP contribution >= 0.6 is 39.1 Å². The molecule has 0 bridgehead atoms. The quantitative estimate of drug-likeness (QED) is 0.823. The van der Waals surface area contributed by atoms with E-state index >= 15 is 0 Å². The maximum Gasteiger partial charge on any atom is 0.137 e. The van der Waals surface area contributed by atoms with Crippen molar-refractivity contribution < 1.29 is 5.11 Å². The number of benzene rings is 1. The molecule has 0 aliphatic carbocycles. The summed E-state index contributed by atoms with van der Waals surface area (Å²) in [5, 5.41) is 9.61. The number of aliphatic hydroxyl groups is 1. The first-order valence-electron chi connectivity index (χ1n) is 3.74. The molecule has 1 N–H and O–H groups in total. The van der Waals surface area contributed by atoms with Gasteiger partial charge in [-0.25, -0.2) is 0 Å². The normalized spacial score (nSPS) is 13.4. The van der Waals surface area contributed by atoms with Crippen LogP contribution in [0.4, 0.5) is 0 Å². The average Bonchev–Trinajstić information content (AvgIpc) is 2.08. The number of hydrogen-bond donors (Lipinski definition) is 1. The lowest BCUT2D eigenvalue weighted by Gasteiger charge is -2.13. The molecule has 1 unspecified atom stereocenters. The van der Waals surface area contributed by atoms with Crippen molar-refractivity contribution in [3.8, 4) is 0 Å². The summed E-state index contributed by atoms with van der Waals surface area (Å²) in [6, 6.07) is 5.66. The predicted octanol–water partition coefficient (Wildman–Crippen LogP) is 3.59. The van der Waals surface area contributed by atoms with Crippen molar-refractivity contribution in [1.29, 1.82) is 0 Å². The second-order valence-corrected chi connectivity index (χ2v) is 4.82. The Hall–Kier alpha value is 0.240. The van der Waals surface area contributed by atoms with E-state index in [-0.39, 0.29) is 0 Å². The number of alkyl halides is 2. The molecular weight excluding hydrogens is 275 g/mol. The van der Waals surface area contributed by atoms with E-state index in [0.29, 0.717) is 0 Å². The molecule has 0 radical (unpaired) electrons. The van der Waals surface area contributed by atoms with Crippen LogP contribution in [0.1, 0.15) is 17.2 Å². The Kier molecular flexibility index (Phi) is 4.05. The summed E-state index contributed by atoms with van der Waals surface area (Å²) in [5.41, 5.74) is 1.78. The van der Waals surface area contributed by atoms with Crippen LogP contribution in [0.15, 0.2) is 22.7 Å². The van der Waals surface area contributed by atoms with E-state index in [1.807, 2.05) is 25.1 Å². The number of halogens is 3. The number of hydrogen-bond acceptors (Lipinski definition) is 1. The van der Waals surface area contributed by atoms with Crippen molar-refractivity contribution >= 4 is 39.1 Å². The molecule has 4 heteroatoms. The van der Waals surface area contributed by atoms with Crippen LogP contribution in [0.2, 0.25) is 0 Å². The largest absolute Gasteiger partial charge is 0.386 e. The maximum atomic E-state index is 9.61. The van der Waals surface area contributed by atoms with Gasteiger partial charge < -0.3 is 5.11 Å². The molecule has 72 valence electrons. The zero-order valence-electron chi connectivity index (χ0n) is 6.97. The summed E-state index contributed by atoms with van der Waals surface area (Å²) in [4.78, 5) is -0.807. The fourth-order valence-electron chi connectivity index (χ4n) is 1.03. The van der Waals surface area contributed by atoms with Crippen molar-refractivity contribution in [3.05, 3.63) is 33.8 Å². The molecule has 0 aromatic heterocycles. The van der Waals surface area contributed by atoms with Crippen molar-refractivity contribution in [3.63, 3.8) is 0 Å². The minimum absolute atomic E-state index is 0.718. The summed E-state index contributed by atoms with van der Waals surface area (Å²) in [5.74, 6) is 0. The first-order chi connectivity index (χ1) is 6.02. The van der Waals surface area contributed by atoms with Crippen LogP contribution in [-0.2, 0) is 0 Å². The lowest BCUT2D eigenvalue weighted by molar-refractivity contribution is 0.192. The Labute approximate surface area is 95.8 Å². The predicted molar refractivity (Wildman–Crippen MR) is 59.3 cm³/mol. The summed E-state index contributed by atoms with van der Waals surface area (Å²) >= 11 is 14.5. The van der Waals surface area contributed by atoms with Gasteiger partial charge in [0.15, 0.2) is 0 Å². The molecule has 1 atom stereocenters. The zero-order valence-corrected chi connectivity index (χ0v) is 10.1. The molecule has 0 aliphatic rings. The molecule has 0 amide bonds. The van der Waals surface area contributed by atoms with Gasteiger partial charge in [0.2, 0.25) is 0 Å². The highest BCUT2D eigenvalue weighted by atomic mass is 79.9. The molecule has 0 spiro atoms. The molecule has 0 saturated heterocycles. The van der Waals surface area contributed by atoms with Crippen LogP contribution in [-0.4, -0.2) is 9.94 Å². The van der Waals surface area contributed by atoms with Crippen molar-refractivity contribution in [1.82, 2.24) is 0 Å². The summed E-state index contributed by atoms with van der Waals surface area (Å²) in [6.45, 7) is 1.94. The second kappa shape index (κ2) is 4.65. The van der Waals surface area contributed by atoms with Crippen molar-refractivity contribution in [2.45, 2.75) is 17.9 Å². The van der Waals surface area contributed by atoms with Gasteiger partial charge in [-0.1, -0.05) is 33.6 Å². The Balaban J connectivity index is 3.05. The molecule has 0 saturated carbocycles. The third-order valence-corrected chi connectivity index (χ3v) is 2.91. The van der Waals surface area contributed by atoms with Crippen LogP contribution < -0.4 is 0 Å². The van der Waals surface area contributed by atoms with E-state index in [1.54, 1.807) is 0 Å². The van der Waals surface area contributed by atoms with Crippen LogP contribution in [0.5, 0.6) is 0 Å². The molecule has 1 rings (SSSR count). The first-order valence-corrected chi connectivity index (χ1v) is 5.41. The summed E-state index contributed by atoms with van der Waals surface area (Å²) < 4.78 is 0.817. The average molecular weight is 284 g/mol. The monoisotopic (exact) mass is 282 g/mol. The summed E-state index contributed by atoms with van der Waals surface area (Å²) in [6.07, 6.45) is -0.849. The molecule has 13 heavy (non-hydrogen) atoms. The Morgan fingerprint density at radius 2 is 2.00 bits per heavy atom. The number of aryl methyl sites for hydroxylation is 1. The van der Waals surface area contributed by atoms with E-state index in [9.17, 15) is 5.11 Å². The highest BCUT2D eigenvalue weighted by Crippen LogP contribution is 2.30. The minimum atomic E-state index is -0.849. The number of rotatable bonds is 2. The smallest absolute Gasteiger partial charge is 0.137 e. The zero-order chi connectivity index (χ0) is 10.0. The van der Waals surface area contributed by atoms with Gasteiger partial charge in [-0.15, -0.1) is 23.2 Å². The van der Waals surface area contributed by atoms with Gasteiger partial charge in [-0.2, -0.15) is 0 Å². The molecule has 1 aromatic rings. The third-order valence-electron chi connectivity index (χ3n) is 1.71. The summed E-state index contributed by atoms with van der Waals surface area (Å²) in [7, 11) is 0. The van der Waals surface area contributed by atoms with Crippen molar-refractivity contribution in [2.75, 3.05) is 0 Å². The van der Waals surface area contributed by atoms with E-state index < -0.39 is 10.9 Å². The van der Waals surface area contributed by atoms with E-state index in [1.165, 1.54) is 0 Å². The fraction of sp³-hybridized carbons (Fsp3) is 0.333. The lowest BCUT2D eigenvalue weighted by atomic mass is 10.1.